The lowest BCUT2D eigenvalue weighted by Crippen LogP contribution is -2.30. The van der Waals surface area contributed by atoms with Gasteiger partial charge in [-0.1, -0.05) is 18.2 Å². The van der Waals surface area contributed by atoms with E-state index >= 15 is 0 Å². The van der Waals surface area contributed by atoms with E-state index in [4.69, 9.17) is 0 Å². The first-order valence-electron chi connectivity index (χ1n) is 6.76. The zero-order valence-corrected chi connectivity index (χ0v) is 12.2. The first-order valence-corrected chi connectivity index (χ1v) is 6.76. The van der Waals surface area contributed by atoms with Crippen molar-refractivity contribution in [3.8, 4) is 0 Å². The summed E-state index contributed by atoms with van der Waals surface area (Å²) in [5.74, 6) is -0.696. The molecule has 0 aliphatic rings. The molecule has 0 radical (unpaired) electrons. The lowest BCUT2D eigenvalue weighted by molar-refractivity contribution is -0.140. The van der Waals surface area contributed by atoms with Crippen molar-refractivity contribution >= 4 is 11.9 Å². The van der Waals surface area contributed by atoms with Crippen LogP contribution in [0.1, 0.15) is 24.8 Å². The molecule has 0 heterocycles. The Balaban J connectivity index is 2.55. The topological polar surface area (TPSA) is 46.6 Å². The van der Waals surface area contributed by atoms with E-state index in [0.717, 1.165) is 5.56 Å². The Hall–Kier alpha value is -2.17. The number of hydrogen-bond donors (Lipinski definition) is 0. The van der Waals surface area contributed by atoms with Crippen LogP contribution in [0, 0.1) is 5.82 Å². The number of esters is 1. The average molecular weight is 293 g/mol. The normalized spacial score (nSPS) is 10.0. The molecule has 21 heavy (non-hydrogen) atoms. The summed E-state index contributed by atoms with van der Waals surface area (Å²) >= 11 is 0. The molecule has 1 amide bonds. The molecule has 0 saturated carbocycles. The molecule has 0 bridgehead atoms. The maximum absolute atomic E-state index is 12.9. The average Bonchev–Trinajstić information content (AvgIpc) is 2.48. The fourth-order valence-corrected chi connectivity index (χ4v) is 1.86. The van der Waals surface area contributed by atoms with Gasteiger partial charge in [-0.3, -0.25) is 9.59 Å². The summed E-state index contributed by atoms with van der Waals surface area (Å²) in [5.41, 5.74) is 0.847. The minimum Gasteiger partial charge on any atom is -0.469 e. The van der Waals surface area contributed by atoms with Gasteiger partial charge in [-0.2, -0.15) is 0 Å². The van der Waals surface area contributed by atoms with Crippen LogP contribution >= 0.6 is 0 Å². The lowest BCUT2D eigenvalue weighted by Gasteiger charge is -2.21. The zero-order chi connectivity index (χ0) is 15.7. The number of carbonyl (C=O) groups is 2. The van der Waals surface area contributed by atoms with Crippen molar-refractivity contribution in [2.45, 2.75) is 25.8 Å². The summed E-state index contributed by atoms with van der Waals surface area (Å²) in [6, 6.07) is 6.02. The van der Waals surface area contributed by atoms with Crippen LogP contribution in [0.5, 0.6) is 0 Å². The van der Waals surface area contributed by atoms with Crippen LogP contribution in [0.3, 0.4) is 0 Å². The molecule has 0 aromatic heterocycles. The van der Waals surface area contributed by atoms with Crippen LogP contribution in [-0.2, 0) is 20.9 Å². The van der Waals surface area contributed by atoms with Gasteiger partial charge in [0, 0.05) is 25.9 Å². The van der Waals surface area contributed by atoms with Crippen LogP contribution in [0.2, 0.25) is 0 Å². The van der Waals surface area contributed by atoms with Crippen LogP contribution < -0.4 is 0 Å². The second-order valence-electron chi connectivity index (χ2n) is 4.62. The second kappa shape index (κ2) is 8.89. The highest BCUT2D eigenvalue weighted by Crippen LogP contribution is 2.10. The molecule has 0 N–H and O–H groups in total. The molecule has 0 saturated heterocycles. The number of halogens is 1. The summed E-state index contributed by atoms with van der Waals surface area (Å²) in [6.45, 7) is 4.44. The molecule has 0 fully saturated rings. The summed E-state index contributed by atoms with van der Waals surface area (Å²) in [4.78, 5) is 24.8. The number of rotatable bonds is 8. The van der Waals surface area contributed by atoms with Crippen LogP contribution in [0.4, 0.5) is 4.39 Å². The number of hydrogen-bond acceptors (Lipinski definition) is 3. The highest BCUT2D eigenvalue weighted by atomic mass is 19.1. The third kappa shape index (κ3) is 6.21. The molecular formula is C16H20FNO3. The Kier molecular flexibility index (Phi) is 7.15. The Morgan fingerprint density at radius 3 is 2.52 bits per heavy atom. The van der Waals surface area contributed by atoms with Crippen molar-refractivity contribution in [3.63, 3.8) is 0 Å². The van der Waals surface area contributed by atoms with Crippen molar-refractivity contribution < 1.29 is 18.7 Å². The largest absolute Gasteiger partial charge is 0.469 e. The minimum absolute atomic E-state index is 0.0665. The van der Waals surface area contributed by atoms with Gasteiger partial charge in [0.2, 0.25) is 5.91 Å². The highest BCUT2D eigenvalue weighted by Gasteiger charge is 2.13. The fraction of sp³-hybridized carbons (Fsp3) is 0.375. The van der Waals surface area contributed by atoms with Crippen LogP contribution in [-0.4, -0.2) is 30.4 Å². The monoisotopic (exact) mass is 293 g/mol. The summed E-state index contributed by atoms with van der Waals surface area (Å²) in [7, 11) is 1.32. The smallest absolute Gasteiger partial charge is 0.305 e. The van der Waals surface area contributed by atoms with E-state index in [-0.39, 0.29) is 30.5 Å². The Bertz CT molecular complexity index is 485. The maximum atomic E-state index is 12.9. The van der Waals surface area contributed by atoms with Crippen molar-refractivity contribution in [3.05, 3.63) is 48.3 Å². The molecule has 1 rings (SSSR count). The number of carbonyl (C=O) groups excluding carboxylic acids is 2. The zero-order valence-electron chi connectivity index (χ0n) is 12.2. The molecule has 0 spiro atoms. The number of nitrogens with zero attached hydrogens (tertiary/aromatic N) is 1. The van der Waals surface area contributed by atoms with Crippen LogP contribution in [0.15, 0.2) is 36.9 Å². The molecule has 1 aromatic rings. The molecule has 0 unspecified atom stereocenters. The van der Waals surface area contributed by atoms with Crippen molar-refractivity contribution in [1.29, 1.82) is 0 Å². The molecule has 5 heteroatoms. The number of amides is 1. The van der Waals surface area contributed by atoms with E-state index in [1.807, 2.05) is 0 Å². The predicted octanol–water partition coefficient (Wildman–Crippen LogP) is 2.68. The highest BCUT2D eigenvalue weighted by molar-refractivity contribution is 5.77. The molecule has 1 aromatic carbocycles. The number of benzene rings is 1. The summed E-state index contributed by atoms with van der Waals surface area (Å²) < 4.78 is 17.4. The van der Waals surface area contributed by atoms with Gasteiger partial charge in [0.05, 0.1) is 7.11 Å². The predicted molar refractivity (Wildman–Crippen MR) is 77.9 cm³/mol. The molecule has 0 aliphatic heterocycles. The van der Waals surface area contributed by atoms with Crippen molar-refractivity contribution in [2.75, 3.05) is 13.7 Å². The van der Waals surface area contributed by atoms with E-state index < -0.39 is 0 Å². The quantitative estimate of drug-likeness (QED) is 0.547. The van der Waals surface area contributed by atoms with Gasteiger partial charge >= 0.3 is 5.97 Å². The van der Waals surface area contributed by atoms with Gasteiger partial charge in [0.1, 0.15) is 5.82 Å². The van der Waals surface area contributed by atoms with E-state index in [0.29, 0.717) is 19.5 Å². The first-order chi connectivity index (χ1) is 10.1. The van der Waals surface area contributed by atoms with Crippen molar-refractivity contribution in [2.24, 2.45) is 0 Å². The van der Waals surface area contributed by atoms with Crippen molar-refractivity contribution in [1.82, 2.24) is 4.90 Å². The number of methoxy groups -OCH3 is 1. The first kappa shape index (κ1) is 16.9. The van der Waals surface area contributed by atoms with Gasteiger partial charge in [0.25, 0.3) is 0 Å². The Morgan fingerprint density at radius 1 is 1.29 bits per heavy atom. The standard InChI is InChI=1S/C16H20FNO3/c1-3-11-18(12-13-7-9-14(17)10-8-13)15(19)5-4-6-16(20)21-2/h3,7-10H,1,4-6,11-12H2,2H3. The molecular weight excluding hydrogens is 273 g/mol. The van der Waals surface area contributed by atoms with E-state index in [1.54, 1.807) is 23.1 Å². The minimum atomic E-state index is -0.323. The van der Waals surface area contributed by atoms with Gasteiger partial charge in [-0.05, 0) is 24.1 Å². The third-order valence-electron chi connectivity index (χ3n) is 2.99. The Labute approximate surface area is 124 Å². The van der Waals surface area contributed by atoms with Gasteiger partial charge in [0.15, 0.2) is 0 Å². The van der Waals surface area contributed by atoms with Gasteiger partial charge < -0.3 is 9.64 Å². The summed E-state index contributed by atoms with van der Waals surface area (Å²) in [6.07, 6.45) is 2.58. The molecule has 114 valence electrons. The number of ether oxygens (including phenoxy) is 1. The van der Waals surface area contributed by atoms with E-state index in [1.165, 1.54) is 19.2 Å². The second-order valence-corrected chi connectivity index (χ2v) is 4.62. The SMILES string of the molecule is C=CCN(Cc1ccc(F)cc1)C(=O)CCCC(=O)OC. The Morgan fingerprint density at radius 2 is 1.95 bits per heavy atom. The van der Waals surface area contributed by atoms with E-state index in [2.05, 4.69) is 11.3 Å². The fourth-order valence-electron chi connectivity index (χ4n) is 1.86. The molecule has 4 nitrogen and oxygen atoms in total. The van der Waals surface area contributed by atoms with E-state index in [9.17, 15) is 14.0 Å². The van der Waals surface area contributed by atoms with Gasteiger partial charge in [-0.15, -0.1) is 6.58 Å². The van der Waals surface area contributed by atoms with Crippen LogP contribution in [0.25, 0.3) is 0 Å². The maximum Gasteiger partial charge on any atom is 0.305 e. The third-order valence-corrected chi connectivity index (χ3v) is 2.99. The van der Waals surface area contributed by atoms with Gasteiger partial charge in [-0.25, -0.2) is 4.39 Å². The molecule has 0 aliphatic carbocycles. The lowest BCUT2D eigenvalue weighted by atomic mass is 10.1. The molecule has 0 atom stereocenters. The summed E-state index contributed by atoms with van der Waals surface area (Å²) in [5, 5.41) is 0.